The van der Waals surface area contributed by atoms with E-state index in [4.69, 9.17) is 5.73 Å². The summed E-state index contributed by atoms with van der Waals surface area (Å²) in [5, 5.41) is 0. The minimum atomic E-state index is -0.661. The first-order valence-corrected chi connectivity index (χ1v) is 8.34. The average molecular weight is 283 g/mol. The number of primary amides is 1. The molecule has 118 valence electrons. The molecule has 0 unspecified atom stereocenters. The lowest BCUT2D eigenvalue weighted by Gasteiger charge is -2.01. The highest BCUT2D eigenvalue weighted by molar-refractivity contribution is 5.64. The van der Waals surface area contributed by atoms with Gasteiger partial charge in [-0.15, -0.1) is 0 Å². The lowest BCUT2D eigenvalue weighted by Crippen LogP contribution is -2.13. The van der Waals surface area contributed by atoms with Crippen molar-refractivity contribution >= 4 is 6.09 Å². The second-order valence-electron chi connectivity index (χ2n) is 5.40. The molecular formula is C17H33NO2. The molecule has 1 amide bonds. The van der Waals surface area contributed by atoms with E-state index in [1.165, 1.54) is 64.2 Å². The molecule has 0 aliphatic heterocycles. The van der Waals surface area contributed by atoms with Crippen molar-refractivity contribution in [2.75, 3.05) is 6.61 Å². The van der Waals surface area contributed by atoms with Crippen LogP contribution < -0.4 is 5.73 Å². The Bertz CT molecular complexity index is 239. The Labute approximate surface area is 125 Å². The van der Waals surface area contributed by atoms with Gasteiger partial charge in [-0.25, -0.2) is 4.79 Å². The Hall–Kier alpha value is -0.990. The first-order valence-electron chi connectivity index (χ1n) is 8.34. The molecule has 0 aliphatic carbocycles. The van der Waals surface area contributed by atoms with Crippen LogP contribution in [0.2, 0.25) is 0 Å². The third-order valence-corrected chi connectivity index (χ3v) is 3.40. The number of carbonyl (C=O) groups is 1. The SMILES string of the molecule is CCCCCCC=CCCCCCCCCOC(N)=O. The molecule has 0 aromatic carbocycles. The highest BCUT2D eigenvalue weighted by Gasteiger charge is 1.94. The van der Waals surface area contributed by atoms with Crippen molar-refractivity contribution in [1.82, 2.24) is 0 Å². The maximum Gasteiger partial charge on any atom is 0.404 e. The van der Waals surface area contributed by atoms with Crippen molar-refractivity contribution in [3.63, 3.8) is 0 Å². The van der Waals surface area contributed by atoms with Crippen molar-refractivity contribution in [2.45, 2.75) is 84.0 Å². The molecule has 20 heavy (non-hydrogen) atoms. The summed E-state index contributed by atoms with van der Waals surface area (Å²) >= 11 is 0. The standard InChI is InChI=1S/C17H33NO2/c1-2-3-4-5-6-7-8-9-10-11-12-13-14-15-16-20-17(18)19/h7-8H,2-6,9-16H2,1H3,(H2,18,19). The van der Waals surface area contributed by atoms with Crippen LogP contribution in [-0.2, 0) is 4.74 Å². The fraction of sp³-hybridized carbons (Fsp3) is 0.824. The topological polar surface area (TPSA) is 52.3 Å². The zero-order valence-electron chi connectivity index (χ0n) is 13.2. The number of hydrogen-bond donors (Lipinski definition) is 1. The highest BCUT2D eigenvalue weighted by Crippen LogP contribution is 2.08. The zero-order valence-corrected chi connectivity index (χ0v) is 13.2. The van der Waals surface area contributed by atoms with Gasteiger partial charge >= 0.3 is 6.09 Å². The monoisotopic (exact) mass is 283 g/mol. The van der Waals surface area contributed by atoms with Crippen LogP contribution in [0.15, 0.2) is 12.2 Å². The molecule has 0 aromatic rings. The Kier molecular flexibility index (Phi) is 15.3. The molecule has 0 rings (SSSR count). The third kappa shape index (κ3) is 17.0. The van der Waals surface area contributed by atoms with Gasteiger partial charge in [0, 0.05) is 0 Å². The normalized spacial score (nSPS) is 11.1. The lowest BCUT2D eigenvalue weighted by molar-refractivity contribution is 0.154. The first kappa shape index (κ1) is 19.0. The molecule has 2 N–H and O–H groups in total. The second-order valence-corrected chi connectivity index (χ2v) is 5.40. The molecule has 3 heteroatoms. The molecule has 0 saturated carbocycles. The van der Waals surface area contributed by atoms with E-state index < -0.39 is 6.09 Å². The van der Waals surface area contributed by atoms with Gasteiger partial charge in [0.2, 0.25) is 0 Å². The van der Waals surface area contributed by atoms with Gasteiger partial charge in [0.25, 0.3) is 0 Å². The van der Waals surface area contributed by atoms with Gasteiger partial charge in [-0.05, 0) is 32.1 Å². The molecule has 0 atom stereocenters. The first-order chi connectivity index (χ1) is 9.77. The van der Waals surface area contributed by atoms with Gasteiger partial charge in [0.1, 0.15) is 0 Å². The molecule has 0 radical (unpaired) electrons. The van der Waals surface area contributed by atoms with Gasteiger partial charge in [0.15, 0.2) is 0 Å². The summed E-state index contributed by atoms with van der Waals surface area (Å²) in [7, 11) is 0. The largest absolute Gasteiger partial charge is 0.450 e. The van der Waals surface area contributed by atoms with Gasteiger partial charge in [-0.2, -0.15) is 0 Å². The van der Waals surface area contributed by atoms with Crippen molar-refractivity contribution in [1.29, 1.82) is 0 Å². The smallest absolute Gasteiger partial charge is 0.404 e. The summed E-state index contributed by atoms with van der Waals surface area (Å²) in [6, 6.07) is 0. The van der Waals surface area contributed by atoms with Gasteiger partial charge in [0.05, 0.1) is 6.61 Å². The molecular weight excluding hydrogens is 250 g/mol. The minimum Gasteiger partial charge on any atom is -0.450 e. The van der Waals surface area contributed by atoms with E-state index in [0.717, 1.165) is 12.8 Å². The predicted octanol–water partition coefficient (Wildman–Crippen LogP) is 5.34. The highest BCUT2D eigenvalue weighted by atomic mass is 16.5. The summed E-state index contributed by atoms with van der Waals surface area (Å²) in [4.78, 5) is 10.3. The van der Waals surface area contributed by atoms with E-state index in [1.54, 1.807) is 0 Å². The van der Waals surface area contributed by atoms with Crippen LogP contribution >= 0.6 is 0 Å². The number of allylic oxidation sites excluding steroid dienone is 2. The number of unbranched alkanes of at least 4 members (excludes halogenated alkanes) is 10. The van der Waals surface area contributed by atoms with E-state index in [-0.39, 0.29) is 0 Å². The van der Waals surface area contributed by atoms with Crippen LogP contribution in [0.1, 0.15) is 84.0 Å². The van der Waals surface area contributed by atoms with Crippen LogP contribution in [0.5, 0.6) is 0 Å². The van der Waals surface area contributed by atoms with Crippen LogP contribution in [0, 0.1) is 0 Å². The molecule has 0 spiro atoms. The molecule has 0 bridgehead atoms. The van der Waals surface area contributed by atoms with E-state index >= 15 is 0 Å². The molecule has 0 aromatic heterocycles. The minimum absolute atomic E-state index is 0.468. The van der Waals surface area contributed by atoms with Crippen molar-refractivity contribution in [3.8, 4) is 0 Å². The fourth-order valence-electron chi connectivity index (χ4n) is 2.17. The Morgan fingerprint density at radius 1 is 0.850 bits per heavy atom. The summed E-state index contributed by atoms with van der Waals surface area (Å²) in [5.41, 5.74) is 4.88. The quantitative estimate of drug-likeness (QED) is 0.345. The maximum atomic E-state index is 10.3. The molecule has 0 fully saturated rings. The summed E-state index contributed by atoms with van der Waals surface area (Å²) in [6.07, 6.45) is 19.1. The average Bonchev–Trinajstić information content (AvgIpc) is 2.43. The maximum absolute atomic E-state index is 10.3. The number of amides is 1. The van der Waals surface area contributed by atoms with E-state index in [2.05, 4.69) is 23.8 Å². The summed E-state index contributed by atoms with van der Waals surface area (Å²) in [6.45, 7) is 2.72. The predicted molar refractivity (Wildman–Crippen MR) is 85.8 cm³/mol. The Balaban J connectivity index is 3.05. The van der Waals surface area contributed by atoms with E-state index in [1.807, 2.05) is 0 Å². The second kappa shape index (κ2) is 16.1. The van der Waals surface area contributed by atoms with Crippen LogP contribution in [0.4, 0.5) is 4.79 Å². The van der Waals surface area contributed by atoms with E-state index in [9.17, 15) is 4.79 Å². The molecule has 0 saturated heterocycles. The number of carbonyl (C=O) groups excluding carboxylic acids is 1. The number of hydrogen-bond acceptors (Lipinski definition) is 2. The Morgan fingerprint density at radius 3 is 1.90 bits per heavy atom. The van der Waals surface area contributed by atoms with Crippen molar-refractivity contribution in [2.24, 2.45) is 5.73 Å². The molecule has 3 nitrogen and oxygen atoms in total. The zero-order chi connectivity index (χ0) is 14.9. The van der Waals surface area contributed by atoms with Crippen LogP contribution in [0.25, 0.3) is 0 Å². The van der Waals surface area contributed by atoms with Gasteiger partial charge < -0.3 is 10.5 Å². The van der Waals surface area contributed by atoms with Crippen molar-refractivity contribution < 1.29 is 9.53 Å². The Morgan fingerprint density at radius 2 is 1.35 bits per heavy atom. The van der Waals surface area contributed by atoms with Gasteiger partial charge in [-0.1, -0.05) is 64.0 Å². The molecule has 0 heterocycles. The lowest BCUT2D eigenvalue weighted by atomic mass is 10.1. The van der Waals surface area contributed by atoms with Gasteiger partial charge in [-0.3, -0.25) is 0 Å². The third-order valence-electron chi connectivity index (χ3n) is 3.40. The summed E-state index contributed by atoms with van der Waals surface area (Å²) < 4.78 is 4.68. The number of ether oxygens (including phenoxy) is 1. The fourth-order valence-corrected chi connectivity index (χ4v) is 2.17. The summed E-state index contributed by atoms with van der Waals surface area (Å²) in [5.74, 6) is 0. The van der Waals surface area contributed by atoms with Crippen molar-refractivity contribution in [3.05, 3.63) is 12.2 Å². The van der Waals surface area contributed by atoms with Crippen LogP contribution in [-0.4, -0.2) is 12.7 Å². The molecule has 0 aliphatic rings. The van der Waals surface area contributed by atoms with Crippen LogP contribution in [0.3, 0.4) is 0 Å². The number of rotatable bonds is 14. The number of nitrogens with two attached hydrogens (primary N) is 1. The van der Waals surface area contributed by atoms with E-state index in [0.29, 0.717) is 6.61 Å².